The Balaban J connectivity index is 1.30. The number of benzene rings is 1. The first kappa shape index (κ1) is 18.0. The molecule has 4 amide bonds. The van der Waals surface area contributed by atoms with Crippen molar-refractivity contribution in [1.82, 2.24) is 15.5 Å². The van der Waals surface area contributed by atoms with Gasteiger partial charge in [0.25, 0.3) is 5.91 Å². The van der Waals surface area contributed by atoms with E-state index >= 15 is 0 Å². The number of imide groups is 1. The lowest BCUT2D eigenvalue weighted by Gasteiger charge is -2.19. The zero-order valence-electron chi connectivity index (χ0n) is 14.9. The molecule has 142 valence electrons. The van der Waals surface area contributed by atoms with Crippen molar-refractivity contribution in [2.75, 3.05) is 6.54 Å². The third-order valence-electron chi connectivity index (χ3n) is 5.76. The fourth-order valence-electron chi connectivity index (χ4n) is 4.29. The lowest BCUT2D eigenvalue weighted by molar-refractivity contribution is -0.131. The number of amides is 4. The Morgan fingerprint density at radius 1 is 1.22 bits per heavy atom. The Bertz CT molecular complexity index is 809. The topological polar surface area (TPSA) is 78.5 Å². The molecule has 1 aromatic carbocycles. The normalized spacial score (nSPS) is 28.7. The number of nitrogens with zero attached hydrogens (tertiary/aromatic N) is 1. The van der Waals surface area contributed by atoms with E-state index in [0.717, 1.165) is 11.3 Å². The van der Waals surface area contributed by atoms with E-state index < -0.39 is 18.0 Å². The molecule has 1 heterocycles. The van der Waals surface area contributed by atoms with Crippen LogP contribution in [0.5, 0.6) is 0 Å². The minimum Gasteiger partial charge on any atom is -0.356 e. The molecule has 0 unspecified atom stereocenters. The molecule has 1 saturated heterocycles. The molecule has 2 bridgehead atoms. The van der Waals surface area contributed by atoms with E-state index in [-0.39, 0.29) is 18.9 Å². The summed E-state index contributed by atoms with van der Waals surface area (Å²) in [5.41, 5.74) is 0.692. The van der Waals surface area contributed by atoms with Crippen molar-refractivity contribution < 1.29 is 14.4 Å². The van der Waals surface area contributed by atoms with Gasteiger partial charge in [-0.1, -0.05) is 42.0 Å². The van der Waals surface area contributed by atoms with Crippen LogP contribution in [-0.2, 0) is 16.1 Å². The number of urea groups is 1. The maximum Gasteiger partial charge on any atom is 0.325 e. The first-order valence-electron chi connectivity index (χ1n) is 9.31. The van der Waals surface area contributed by atoms with Gasteiger partial charge in [-0.25, -0.2) is 4.79 Å². The highest BCUT2D eigenvalue weighted by atomic mass is 35.5. The van der Waals surface area contributed by atoms with Crippen molar-refractivity contribution in [2.24, 2.45) is 17.8 Å². The fraction of sp³-hybridized carbons (Fsp3) is 0.450. The number of nitrogens with one attached hydrogen (secondary N) is 2. The first-order valence-corrected chi connectivity index (χ1v) is 9.69. The lowest BCUT2D eigenvalue weighted by atomic mass is 9.93. The van der Waals surface area contributed by atoms with Crippen molar-refractivity contribution in [3.05, 3.63) is 47.0 Å². The monoisotopic (exact) mass is 387 g/mol. The van der Waals surface area contributed by atoms with Crippen molar-refractivity contribution in [3.63, 3.8) is 0 Å². The van der Waals surface area contributed by atoms with E-state index in [1.54, 1.807) is 24.3 Å². The molecule has 7 heteroatoms. The van der Waals surface area contributed by atoms with Crippen LogP contribution in [0.15, 0.2) is 36.4 Å². The SMILES string of the molecule is O=C(C[C@H]1NC(=O)N(Cc2ccccc2Cl)C1=O)NC[C@H]1C[C@H]2C=C[C@H]1C2. The second-order valence-corrected chi connectivity index (χ2v) is 7.97. The summed E-state index contributed by atoms with van der Waals surface area (Å²) in [5.74, 6) is 1.10. The van der Waals surface area contributed by atoms with Gasteiger partial charge in [-0.3, -0.25) is 14.5 Å². The number of hydrogen-bond donors (Lipinski definition) is 2. The summed E-state index contributed by atoms with van der Waals surface area (Å²) in [5, 5.41) is 6.03. The van der Waals surface area contributed by atoms with Crippen LogP contribution in [0.2, 0.25) is 5.02 Å². The predicted molar refractivity (Wildman–Crippen MR) is 101 cm³/mol. The molecule has 2 aliphatic carbocycles. The van der Waals surface area contributed by atoms with Gasteiger partial charge < -0.3 is 10.6 Å². The predicted octanol–water partition coefficient (Wildman–Crippen LogP) is 2.48. The number of hydrogen-bond acceptors (Lipinski definition) is 3. The van der Waals surface area contributed by atoms with Crippen LogP contribution >= 0.6 is 11.6 Å². The van der Waals surface area contributed by atoms with Gasteiger partial charge in [0.1, 0.15) is 6.04 Å². The Hall–Kier alpha value is -2.34. The van der Waals surface area contributed by atoms with Crippen LogP contribution in [0.1, 0.15) is 24.8 Å². The van der Waals surface area contributed by atoms with Gasteiger partial charge in [-0.05, 0) is 42.2 Å². The van der Waals surface area contributed by atoms with Crippen molar-refractivity contribution in [1.29, 1.82) is 0 Å². The molecule has 0 aromatic heterocycles. The first-order chi connectivity index (χ1) is 13.0. The van der Waals surface area contributed by atoms with Crippen molar-refractivity contribution >= 4 is 29.4 Å². The van der Waals surface area contributed by atoms with Crippen LogP contribution in [-0.4, -0.2) is 35.3 Å². The molecule has 3 aliphatic rings. The lowest BCUT2D eigenvalue weighted by Crippen LogP contribution is -2.38. The summed E-state index contributed by atoms with van der Waals surface area (Å²) in [6.07, 6.45) is 6.78. The smallest absolute Gasteiger partial charge is 0.325 e. The van der Waals surface area contributed by atoms with Gasteiger partial charge in [-0.2, -0.15) is 0 Å². The Morgan fingerprint density at radius 2 is 2.04 bits per heavy atom. The second-order valence-electron chi connectivity index (χ2n) is 7.57. The second kappa shape index (κ2) is 7.35. The highest BCUT2D eigenvalue weighted by molar-refractivity contribution is 6.31. The van der Waals surface area contributed by atoms with Crippen LogP contribution < -0.4 is 10.6 Å². The van der Waals surface area contributed by atoms with Crippen LogP contribution in [0.4, 0.5) is 4.79 Å². The molecule has 0 spiro atoms. The Morgan fingerprint density at radius 3 is 2.74 bits per heavy atom. The average molecular weight is 388 g/mol. The third kappa shape index (κ3) is 3.72. The molecule has 27 heavy (non-hydrogen) atoms. The number of carbonyl (C=O) groups is 3. The highest BCUT2D eigenvalue weighted by Gasteiger charge is 2.40. The molecule has 1 aliphatic heterocycles. The van der Waals surface area contributed by atoms with Gasteiger partial charge in [0.15, 0.2) is 0 Å². The molecular formula is C20H22ClN3O3. The number of fused-ring (bicyclic) bond motifs is 2. The number of rotatable bonds is 6. The number of carbonyl (C=O) groups excluding carboxylic acids is 3. The van der Waals surface area contributed by atoms with Crippen molar-refractivity contribution in [2.45, 2.75) is 31.8 Å². The summed E-state index contributed by atoms with van der Waals surface area (Å²) in [6, 6.07) is 5.76. The molecule has 0 radical (unpaired) electrons. The summed E-state index contributed by atoms with van der Waals surface area (Å²) in [4.78, 5) is 38.1. The van der Waals surface area contributed by atoms with Gasteiger partial charge in [0.2, 0.25) is 5.91 Å². The zero-order valence-corrected chi connectivity index (χ0v) is 15.6. The zero-order chi connectivity index (χ0) is 19.0. The van der Waals surface area contributed by atoms with Gasteiger partial charge in [0.05, 0.1) is 13.0 Å². The average Bonchev–Trinajstić information content (AvgIpc) is 3.33. The fourth-order valence-corrected chi connectivity index (χ4v) is 4.49. The maximum absolute atomic E-state index is 12.5. The van der Waals surface area contributed by atoms with Crippen molar-refractivity contribution in [3.8, 4) is 0 Å². The Kier molecular flexibility index (Phi) is 4.91. The molecule has 6 nitrogen and oxygen atoms in total. The maximum atomic E-state index is 12.5. The van der Waals surface area contributed by atoms with E-state index in [2.05, 4.69) is 22.8 Å². The summed E-state index contributed by atoms with van der Waals surface area (Å²) < 4.78 is 0. The molecule has 2 N–H and O–H groups in total. The molecule has 2 fully saturated rings. The van der Waals surface area contributed by atoms with Crippen LogP contribution in [0.3, 0.4) is 0 Å². The third-order valence-corrected chi connectivity index (χ3v) is 6.13. The molecule has 4 atom stereocenters. The summed E-state index contributed by atoms with van der Waals surface area (Å²) >= 11 is 6.11. The summed E-state index contributed by atoms with van der Waals surface area (Å²) in [7, 11) is 0. The van der Waals surface area contributed by atoms with E-state index in [1.165, 1.54) is 6.42 Å². The molecular weight excluding hydrogens is 366 g/mol. The number of halogens is 1. The van der Waals surface area contributed by atoms with E-state index in [4.69, 9.17) is 11.6 Å². The van der Waals surface area contributed by atoms with Gasteiger partial charge in [0, 0.05) is 11.6 Å². The van der Waals surface area contributed by atoms with Gasteiger partial charge in [-0.15, -0.1) is 0 Å². The molecule has 4 rings (SSSR count). The summed E-state index contributed by atoms with van der Waals surface area (Å²) in [6.45, 7) is 0.725. The van der Waals surface area contributed by atoms with Crippen LogP contribution in [0.25, 0.3) is 0 Å². The largest absolute Gasteiger partial charge is 0.356 e. The number of allylic oxidation sites excluding steroid dienone is 2. The molecule has 1 aromatic rings. The van der Waals surface area contributed by atoms with Crippen LogP contribution in [0, 0.1) is 17.8 Å². The quantitative estimate of drug-likeness (QED) is 0.581. The molecule has 1 saturated carbocycles. The van der Waals surface area contributed by atoms with E-state index in [9.17, 15) is 14.4 Å². The Labute approximate surface area is 162 Å². The minimum absolute atomic E-state index is 0.0414. The highest BCUT2D eigenvalue weighted by Crippen LogP contribution is 2.42. The van der Waals surface area contributed by atoms with E-state index in [0.29, 0.717) is 34.9 Å². The van der Waals surface area contributed by atoms with E-state index in [1.807, 2.05) is 0 Å². The minimum atomic E-state index is -0.820. The van der Waals surface area contributed by atoms with Gasteiger partial charge >= 0.3 is 6.03 Å². The standard InChI is InChI=1S/C20H22ClN3O3/c21-16-4-2-1-3-14(16)11-24-19(26)17(23-20(24)27)9-18(25)22-10-15-8-12-5-6-13(15)7-12/h1-6,12-13,15,17H,7-11H2,(H,22,25)(H,23,27)/t12-,13-,15+,17+/m0/s1.